The second-order valence-corrected chi connectivity index (χ2v) is 8.01. The molecule has 0 spiro atoms. The molecule has 3 aromatic heterocycles. The van der Waals surface area contributed by atoms with Gasteiger partial charge in [-0.3, -0.25) is 15.0 Å². The molecule has 0 saturated carbocycles. The van der Waals surface area contributed by atoms with Crippen molar-refractivity contribution in [1.29, 1.82) is 0 Å². The Bertz CT molecular complexity index is 1270. The minimum Gasteiger partial charge on any atom is -0.264 e. The number of hydrogen-bond acceptors (Lipinski definition) is 3. The van der Waals surface area contributed by atoms with E-state index in [1.54, 1.807) is 12.4 Å². The second-order valence-electron chi connectivity index (χ2n) is 8.01. The number of hydrogen-bond donors (Lipinski definition) is 0. The van der Waals surface area contributed by atoms with Gasteiger partial charge in [0.05, 0.1) is 0 Å². The van der Waals surface area contributed by atoms with Crippen molar-refractivity contribution in [2.45, 2.75) is 13.8 Å². The van der Waals surface area contributed by atoms with Crippen LogP contribution in [-0.2, 0) is 0 Å². The van der Waals surface area contributed by atoms with Crippen LogP contribution >= 0.6 is 0 Å². The molecule has 0 aliphatic carbocycles. The van der Waals surface area contributed by atoms with Gasteiger partial charge in [-0.05, 0) is 77.6 Å². The van der Waals surface area contributed by atoms with Crippen LogP contribution in [0.2, 0.25) is 0 Å². The zero-order valence-electron chi connectivity index (χ0n) is 18.2. The molecule has 5 aromatic rings. The van der Waals surface area contributed by atoms with Gasteiger partial charge in [0.15, 0.2) is 0 Å². The van der Waals surface area contributed by atoms with Gasteiger partial charge < -0.3 is 0 Å². The maximum absolute atomic E-state index is 4.56. The SMILES string of the molecule is Cc1ccc(-c2cncc(-c3ccc(C)c(-c4cccnc4)c3)c2)cc1-c1cccnc1. The molecule has 0 atom stereocenters. The average Bonchev–Trinajstić information content (AvgIpc) is 2.86. The summed E-state index contributed by atoms with van der Waals surface area (Å²) in [5, 5.41) is 0. The van der Waals surface area contributed by atoms with Gasteiger partial charge in [0, 0.05) is 59.4 Å². The fraction of sp³-hybridized carbons (Fsp3) is 0.0690. The van der Waals surface area contributed by atoms with E-state index in [1.807, 2.05) is 36.9 Å². The summed E-state index contributed by atoms with van der Waals surface area (Å²) >= 11 is 0. The van der Waals surface area contributed by atoms with Crippen LogP contribution in [-0.4, -0.2) is 15.0 Å². The van der Waals surface area contributed by atoms with Crippen molar-refractivity contribution in [3.05, 3.63) is 115 Å². The van der Waals surface area contributed by atoms with Crippen LogP contribution in [0.5, 0.6) is 0 Å². The van der Waals surface area contributed by atoms with Crippen molar-refractivity contribution >= 4 is 0 Å². The first-order chi connectivity index (χ1) is 15.7. The number of pyridine rings is 3. The lowest BCUT2D eigenvalue weighted by Gasteiger charge is -2.12. The van der Waals surface area contributed by atoms with Gasteiger partial charge in [0.2, 0.25) is 0 Å². The highest BCUT2D eigenvalue weighted by molar-refractivity contribution is 5.79. The molecule has 0 radical (unpaired) electrons. The van der Waals surface area contributed by atoms with Gasteiger partial charge in [-0.1, -0.05) is 36.4 Å². The topological polar surface area (TPSA) is 38.7 Å². The van der Waals surface area contributed by atoms with Gasteiger partial charge in [0.1, 0.15) is 0 Å². The zero-order valence-corrected chi connectivity index (χ0v) is 18.2. The highest BCUT2D eigenvalue weighted by atomic mass is 14.6. The summed E-state index contributed by atoms with van der Waals surface area (Å²) in [5.74, 6) is 0. The molecule has 0 bridgehead atoms. The van der Waals surface area contributed by atoms with Gasteiger partial charge in [0.25, 0.3) is 0 Å². The third kappa shape index (κ3) is 3.93. The zero-order chi connectivity index (χ0) is 21.9. The van der Waals surface area contributed by atoms with Crippen molar-refractivity contribution in [2.24, 2.45) is 0 Å². The Morgan fingerprint density at radius 3 is 1.34 bits per heavy atom. The van der Waals surface area contributed by atoms with E-state index in [2.05, 4.69) is 83.4 Å². The molecule has 3 heteroatoms. The van der Waals surface area contributed by atoms with E-state index in [9.17, 15) is 0 Å². The average molecular weight is 414 g/mol. The molecule has 0 unspecified atom stereocenters. The first kappa shape index (κ1) is 19.8. The highest BCUT2D eigenvalue weighted by Gasteiger charge is 2.09. The molecule has 32 heavy (non-hydrogen) atoms. The van der Waals surface area contributed by atoms with E-state index in [4.69, 9.17) is 0 Å². The molecular formula is C29H23N3. The minimum absolute atomic E-state index is 1.09. The summed E-state index contributed by atoms with van der Waals surface area (Å²) in [7, 11) is 0. The van der Waals surface area contributed by atoms with Crippen molar-refractivity contribution in [1.82, 2.24) is 15.0 Å². The molecule has 3 heterocycles. The van der Waals surface area contributed by atoms with Gasteiger partial charge in [-0.2, -0.15) is 0 Å². The third-order valence-electron chi connectivity index (χ3n) is 5.83. The van der Waals surface area contributed by atoms with Crippen LogP contribution in [0.15, 0.2) is 104 Å². The molecule has 0 fully saturated rings. The predicted molar refractivity (Wildman–Crippen MR) is 131 cm³/mol. The van der Waals surface area contributed by atoms with E-state index in [0.29, 0.717) is 0 Å². The van der Waals surface area contributed by atoms with Crippen molar-refractivity contribution in [2.75, 3.05) is 0 Å². The summed E-state index contributed by atoms with van der Waals surface area (Å²) < 4.78 is 0. The van der Waals surface area contributed by atoms with E-state index in [-0.39, 0.29) is 0 Å². The Morgan fingerprint density at radius 1 is 0.438 bits per heavy atom. The van der Waals surface area contributed by atoms with Crippen LogP contribution in [0.1, 0.15) is 11.1 Å². The van der Waals surface area contributed by atoms with Crippen LogP contribution in [0.3, 0.4) is 0 Å². The van der Waals surface area contributed by atoms with Gasteiger partial charge in [-0.15, -0.1) is 0 Å². The maximum atomic E-state index is 4.56. The smallest absolute Gasteiger partial charge is 0.0346 e. The van der Waals surface area contributed by atoms with Crippen LogP contribution < -0.4 is 0 Å². The second kappa shape index (κ2) is 8.56. The van der Waals surface area contributed by atoms with Crippen LogP contribution in [0.4, 0.5) is 0 Å². The summed E-state index contributed by atoms with van der Waals surface area (Å²) in [4.78, 5) is 13.1. The first-order valence-corrected chi connectivity index (χ1v) is 10.7. The Balaban J connectivity index is 1.56. The number of aryl methyl sites for hydroxylation is 2. The third-order valence-corrected chi connectivity index (χ3v) is 5.83. The molecule has 5 rings (SSSR count). The quantitative estimate of drug-likeness (QED) is 0.314. The van der Waals surface area contributed by atoms with Crippen LogP contribution in [0, 0.1) is 13.8 Å². The normalized spacial score (nSPS) is 10.8. The van der Waals surface area contributed by atoms with E-state index < -0.39 is 0 Å². The molecular weight excluding hydrogens is 390 g/mol. The molecule has 0 aliphatic rings. The summed E-state index contributed by atoms with van der Waals surface area (Å²) in [6, 6.07) is 23.4. The van der Waals surface area contributed by atoms with Crippen molar-refractivity contribution in [3.8, 4) is 44.5 Å². The van der Waals surface area contributed by atoms with Crippen LogP contribution in [0.25, 0.3) is 44.5 Å². The van der Waals surface area contributed by atoms with E-state index >= 15 is 0 Å². The minimum atomic E-state index is 1.09. The van der Waals surface area contributed by atoms with Gasteiger partial charge >= 0.3 is 0 Å². The lowest BCUT2D eigenvalue weighted by atomic mass is 9.94. The van der Waals surface area contributed by atoms with E-state index in [1.165, 1.54) is 22.3 Å². The molecule has 0 saturated heterocycles. The first-order valence-electron chi connectivity index (χ1n) is 10.7. The monoisotopic (exact) mass is 413 g/mol. The molecule has 0 N–H and O–H groups in total. The summed E-state index contributed by atoms with van der Waals surface area (Å²) in [6.07, 6.45) is 11.3. The summed E-state index contributed by atoms with van der Waals surface area (Å²) in [5.41, 5.74) is 11.5. The molecule has 154 valence electrons. The summed E-state index contributed by atoms with van der Waals surface area (Å²) in [6.45, 7) is 4.26. The van der Waals surface area contributed by atoms with E-state index in [0.717, 1.165) is 33.4 Å². The largest absolute Gasteiger partial charge is 0.264 e. The lowest BCUT2D eigenvalue weighted by molar-refractivity contribution is 1.31. The fourth-order valence-electron chi connectivity index (χ4n) is 4.02. The molecule has 3 nitrogen and oxygen atoms in total. The number of nitrogens with zero attached hydrogens (tertiary/aromatic N) is 3. The Morgan fingerprint density at radius 2 is 0.906 bits per heavy atom. The van der Waals surface area contributed by atoms with Crippen molar-refractivity contribution in [3.63, 3.8) is 0 Å². The van der Waals surface area contributed by atoms with Gasteiger partial charge in [-0.25, -0.2) is 0 Å². The predicted octanol–water partition coefficient (Wildman–Crippen LogP) is 7.16. The Hall–Kier alpha value is -4.11. The molecule has 0 amide bonds. The standard InChI is InChI=1S/C29H23N3/c1-20-7-9-22(14-28(20)24-5-3-11-30-16-24)26-13-27(19-32-18-26)23-10-8-21(2)29(15-23)25-6-4-12-31-17-25/h3-19H,1-2H3. The maximum Gasteiger partial charge on any atom is 0.0346 e. The Labute approximate surface area is 188 Å². The number of rotatable bonds is 4. The fourth-order valence-corrected chi connectivity index (χ4v) is 4.02. The number of aromatic nitrogens is 3. The lowest BCUT2D eigenvalue weighted by Crippen LogP contribution is -1.90. The molecule has 2 aromatic carbocycles. The highest BCUT2D eigenvalue weighted by Crippen LogP contribution is 2.33. The molecule has 0 aliphatic heterocycles. The number of benzene rings is 2. The van der Waals surface area contributed by atoms with Crippen molar-refractivity contribution < 1.29 is 0 Å². The Kier molecular flexibility index (Phi) is 5.30.